The van der Waals surface area contributed by atoms with E-state index in [0.29, 0.717) is 17.6 Å². The first-order valence-electron chi connectivity index (χ1n) is 9.56. The van der Waals surface area contributed by atoms with Crippen LogP contribution in [0.1, 0.15) is 43.6 Å². The van der Waals surface area contributed by atoms with Gasteiger partial charge in [-0.3, -0.25) is 14.2 Å². The van der Waals surface area contributed by atoms with E-state index in [2.05, 4.69) is 6.92 Å². The van der Waals surface area contributed by atoms with Crippen molar-refractivity contribution in [3.8, 4) is 0 Å². The third kappa shape index (κ3) is 3.67. The van der Waals surface area contributed by atoms with E-state index in [1.54, 1.807) is 22.8 Å². The third-order valence-corrected chi connectivity index (χ3v) is 7.73. The monoisotopic (exact) mass is 407 g/mol. The molecule has 2 aliphatic rings. The molecule has 1 saturated heterocycles. The zero-order valence-electron chi connectivity index (χ0n) is 15.7. The molecule has 27 heavy (non-hydrogen) atoms. The Labute approximate surface area is 166 Å². The van der Waals surface area contributed by atoms with Crippen molar-refractivity contribution in [2.75, 3.05) is 6.61 Å². The number of thioether (sulfide) groups is 1. The summed E-state index contributed by atoms with van der Waals surface area (Å²) in [4.78, 5) is 31.9. The summed E-state index contributed by atoms with van der Waals surface area (Å²) in [5, 5.41) is 0.900. The first-order valence-corrected chi connectivity index (χ1v) is 11.3. The molecular weight excluding hydrogens is 382 g/mol. The summed E-state index contributed by atoms with van der Waals surface area (Å²) in [6.07, 6.45) is 5.05. The molecule has 146 valence electrons. The van der Waals surface area contributed by atoms with Crippen LogP contribution in [0.4, 0.5) is 0 Å². The molecule has 2 aromatic rings. The van der Waals surface area contributed by atoms with E-state index in [0.717, 1.165) is 48.9 Å². The lowest BCUT2D eigenvalue weighted by Gasteiger charge is -2.19. The molecule has 0 spiro atoms. The lowest BCUT2D eigenvalue weighted by Crippen LogP contribution is -2.30. The fourth-order valence-corrected chi connectivity index (χ4v) is 6.16. The number of rotatable bonds is 5. The van der Waals surface area contributed by atoms with E-state index >= 15 is 0 Å². The normalized spacial score (nSPS) is 23.5. The van der Waals surface area contributed by atoms with Gasteiger partial charge in [-0.2, -0.15) is 0 Å². The van der Waals surface area contributed by atoms with Crippen LogP contribution >= 0.6 is 23.1 Å². The predicted molar refractivity (Wildman–Crippen MR) is 109 cm³/mol. The number of aromatic nitrogens is 2. The van der Waals surface area contributed by atoms with Crippen LogP contribution in [0.2, 0.25) is 0 Å². The highest BCUT2D eigenvalue weighted by molar-refractivity contribution is 8.00. The van der Waals surface area contributed by atoms with Crippen molar-refractivity contribution >= 4 is 39.2 Å². The van der Waals surface area contributed by atoms with E-state index in [4.69, 9.17) is 15.5 Å². The fraction of sp³-hybridized carbons (Fsp3) is 0.632. The average molecular weight is 408 g/mol. The molecule has 0 saturated carbocycles. The maximum absolute atomic E-state index is 13.4. The molecule has 0 bridgehead atoms. The van der Waals surface area contributed by atoms with Crippen molar-refractivity contribution in [1.29, 1.82) is 0 Å². The van der Waals surface area contributed by atoms with Crippen molar-refractivity contribution in [2.45, 2.75) is 69.0 Å². The number of aryl methyl sites for hydroxylation is 1. The molecule has 1 aliphatic heterocycles. The molecule has 2 aromatic heterocycles. The second-order valence-corrected chi connectivity index (χ2v) is 10.0. The van der Waals surface area contributed by atoms with Gasteiger partial charge in [-0.05, 0) is 50.5 Å². The van der Waals surface area contributed by atoms with Gasteiger partial charge >= 0.3 is 0 Å². The van der Waals surface area contributed by atoms with Gasteiger partial charge in [0.2, 0.25) is 5.91 Å². The van der Waals surface area contributed by atoms with Gasteiger partial charge in [-0.1, -0.05) is 18.7 Å². The van der Waals surface area contributed by atoms with Crippen LogP contribution in [-0.2, 0) is 28.9 Å². The summed E-state index contributed by atoms with van der Waals surface area (Å²) in [5.41, 5.74) is 6.63. The van der Waals surface area contributed by atoms with Gasteiger partial charge in [0.25, 0.3) is 5.56 Å². The minimum atomic E-state index is -0.445. The molecule has 3 atom stereocenters. The highest BCUT2D eigenvalue weighted by atomic mass is 32.2. The minimum absolute atomic E-state index is 0.00160. The van der Waals surface area contributed by atoms with Crippen LogP contribution in [0.3, 0.4) is 0 Å². The number of primary amides is 1. The second kappa shape index (κ2) is 7.56. The maximum Gasteiger partial charge on any atom is 0.263 e. The average Bonchev–Trinajstić information content (AvgIpc) is 3.24. The SMILES string of the molecule is C[C@@H]1CCc2c(sc3nc(S[C@H](C)C(N)=O)n(C[C@@H]4CCCO4)c(=O)c23)C1. The van der Waals surface area contributed by atoms with Crippen molar-refractivity contribution in [2.24, 2.45) is 11.7 Å². The minimum Gasteiger partial charge on any atom is -0.376 e. The zero-order valence-corrected chi connectivity index (χ0v) is 17.3. The Kier molecular flexibility index (Phi) is 5.31. The molecule has 6 nitrogen and oxygen atoms in total. The summed E-state index contributed by atoms with van der Waals surface area (Å²) in [6, 6.07) is 0. The highest BCUT2D eigenvalue weighted by Crippen LogP contribution is 2.37. The molecule has 1 aliphatic carbocycles. The smallest absolute Gasteiger partial charge is 0.263 e. The van der Waals surface area contributed by atoms with Crippen LogP contribution in [0.5, 0.6) is 0 Å². The van der Waals surface area contributed by atoms with Gasteiger partial charge in [0, 0.05) is 11.5 Å². The number of hydrogen-bond acceptors (Lipinski definition) is 6. The number of thiophene rings is 1. The third-order valence-electron chi connectivity index (χ3n) is 5.47. The maximum atomic E-state index is 13.4. The van der Waals surface area contributed by atoms with Gasteiger partial charge in [-0.15, -0.1) is 11.3 Å². The van der Waals surface area contributed by atoms with Crippen LogP contribution in [0.25, 0.3) is 10.2 Å². The van der Waals surface area contributed by atoms with Crippen molar-refractivity contribution in [3.63, 3.8) is 0 Å². The molecule has 8 heteroatoms. The molecule has 2 N–H and O–H groups in total. The molecule has 1 amide bonds. The second-order valence-electron chi connectivity index (χ2n) is 7.64. The van der Waals surface area contributed by atoms with E-state index in [-0.39, 0.29) is 11.7 Å². The summed E-state index contributed by atoms with van der Waals surface area (Å²) in [7, 11) is 0. The van der Waals surface area contributed by atoms with Gasteiger partial charge in [0.15, 0.2) is 5.16 Å². The Morgan fingerprint density at radius 3 is 3.00 bits per heavy atom. The number of hydrogen-bond donors (Lipinski definition) is 1. The molecule has 1 fully saturated rings. The number of carbonyl (C=O) groups is 1. The molecular formula is C19H25N3O3S2. The summed E-state index contributed by atoms with van der Waals surface area (Å²) >= 11 is 2.90. The van der Waals surface area contributed by atoms with E-state index in [1.807, 2.05) is 0 Å². The van der Waals surface area contributed by atoms with E-state index < -0.39 is 11.2 Å². The van der Waals surface area contributed by atoms with Crippen LogP contribution in [0, 0.1) is 5.92 Å². The predicted octanol–water partition coefficient (Wildman–Crippen LogP) is 2.73. The first-order chi connectivity index (χ1) is 12.9. The Hall–Kier alpha value is -1.38. The van der Waals surface area contributed by atoms with Gasteiger partial charge in [0.1, 0.15) is 4.83 Å². The van der Waals surface area contributed by atoms with Crippen LogP contribution < -0.4 is 11.3 Å². The lowest BCUT2D eigenvalue weighted by atomic mass is 9.89. The number of ether oxygens (including phenoxy) is 1. The highest BCUT2D eigenvalue weighted by Gasteiger charge is 2.27. The quantitative estimate of drug-likeness (QED) is 0.608. The molecule has 0 unspecified atom stereocenters. The number of fused-ring (bicyclic) bond motifs is 3. The fourth-order valence-electron chi connectivity index (χ4n) is 3.86. The number of nitrogens with zero attached hydrogens (tertiary/aromatic N) is 2. The van der Waals surface area contributed by atoms with Crippen LogP contribution in [-0.4, -0.2) is 33.4 Å². The lowest BCUT2D eigenvalue weighted by molar-refractivity contribution is -0.117. The summed E-state index contributed by atoms with van der Waals surface area (Å²) < 4.78 is 7.47. The largest absolute Gasteiger partial charge is 0.376 e. The van der Waals surface area contributed by atoms with Crippen molar-refractivity contribution in [3.05, 3.63) is 20.8 Å². The van der Waals surface area contributed by atoms with Gasteiger partial charge < -0.3 is 10.5 Å². The Morgan fingerprint density at radius 1 is 1.48 bits per heavy atom. The standard InChI is InChI=1S/C19H25N3O3S2/c1-10-5-6-13-14(8-10)27-17-15(13)18(24)22(9-12-4-3-7-25-12)19(21-17)26-11(2)16(20)23/h10-12H,3-9H2,1-2H3,(H2,20,23)/t10-,11-,12+/m1/s1. The van der Waals surface area contributed by atoms with Crippen molar-refractivity contribution in [1.82, 2.24) is 9.55 Å². The van der Waals surface area contributed by atoms with Gasteiger partial charge in [-0.25, -0.2) is 4.98 Å². The molecule has 3 heterocycles. The Morgan fingerprint density at radius 2 is 2.30 bits per heavy atom. The van der Waals surface area contributed by atoms with Crippen molar-refractivity contribution < 1.29 is 9.53 Å². The van der Waals surface area contributed by atoms with Crippen LogP contribution in [0.15, 0.2) is 9.95 Å². The Balaban J connectivity index is 1.83. The Bertz CT molecular complexity index is 930. The summed E-state index contributed by atoms with van der Waals surface area (Å²) in [5.74, 6) is 0.237. The summed E-state index contributed by atoms with van der Waals surface area (Å²) in [6.45, 7) is 5.23. The molecule has 4 rings (SSSR count). The number of nitrogens with two attached hydrogens (primary N) is 1. The van der Waals surface area contributed by atoms with E-state index in [1.165, 1.54) is 22.2 Å². The van der Waals surface area contributed by atoms with Gasteiger partial charge in [0.05, 0.1) is 23.3 Å². The first kappa shape index (κ1) is 19.0. The van der Waals surface area contributed by atoms with E-state index in [9.17, 15) is 9.59 Å². The molecule has 0 radical (unpaired) electrons. The topological polar surface area (TPSA) is 87.2 Å². The zero-order chi connectivity index (χ0) is 19.1. The number of carbonyl (C=O) groups excluding carboxylic acids is 1. The molecule has 0 aromatic carbocycles. The number of amides is 1.